The van der Waals surface area contributed by atoms with E-state index in [2.05, 4.69) is 5.73 Å². The molecule has 1 amide bonds. The van der Waals surface area contributed by atoms with E-state index in [1.54, 1.807) is 7.11 Å². The lowest BCUT2D eigenvalue weighted by molar-refractivity contribution is -0.116. The van der Waals surface area contributed by atoms with Gasteiger partial charge in [-0.2, -0.15) is 0 Å². The molecule has 0 saturated heterocycles. The van der Waals surface area contributed by atoms with Gasteiger partial charge in [0.25, 0.3) is 0 Å². The van der Waals surface area contributed by atoms with Crippen LogP contribution in [-0.4, -0.2) is 24.9 Å². The molecule has 0 heterocycles. The Morgan fingerprint density at radius 3 is 1.89 bits per heavy atom. The van der Waals surface area contributed by atoms with E-state index in [0.717, 1.165) is 11.8 Å². The molecule has 0 radical (unpaired) electrons. The normalized spacial score (nSPS) is 9.32. The number of primary amides is 1. The van der Waals surface area contributed by atoms with Crippen LogP contribution >= 0.6 is 0 Å². The third-order valence-electron chi connectivity index (χ3n) is 1.77. The molecule has 0 aromatic heterocycles. The van der Waals surface area contributed by atoms with Gasteiger partial charge in [-0.25, -0.2) is 0 Å². The Kier molecular flexibility index (Phi) is 11.8. The summed E-state index contributed by atoms with van der Waals surface area (Å²) in [5, 5.41) is 0. The highest BCUT2D eigenvalue weighted by atomic mass is 16.5. The summed E-state index contributed by atoms with van der Waals surface area (Å²) in [4.78, 5) is 19.2. The minimum absolute atomic E-state index is 0.0417. The summed E-state index contributed by atoms with van der Waals surface area (Å²) in [5.74, 6) is -0.333. The van der Waals surface area contributed by atoms with Gasteiger partial charge in [0, 0.05) is 20.5 Å². The third kappa shape index (κ3) is 22.0. The van der Waals surface area contributed by atoms with Crippen molar-refractivity contribution in [2.24, 2.45) is 5.73 Å². The molecular weight excluding hydrogens is 242 g/mol. The molecule has 4 heteroatoms. The number of rotatable bonds is 2. The van der Waals surface area contributed by atoms with Crippen molar-refractivity contribution in [3.63, 3.8) is 0 Å². The van der Waals surface area contributed by atoms with Crippen LogP contribution in [0.1, 0.15) is 33.3 Å². The van der Waals surface area contributed by atoms with Crippen LogP contribution in [0.15, 0.2) is 30.3 Å². The van der Waals surface area contributed by atoms with Crippen molar-refractivity contribution in [2.75, 3.05) is 7.11 Å². The standard InChI is InChI=1S/C8H8O.C5H12O.C2H5NO/c9-7-6-8-4-2-1-3-5-8;1-5(2,3)6-4;1-2(3)4/h1-5,7H,6H2;1-4H3;1H3,(H2,3,4). The number of benzene rings is 1. The first-order valence-corrected chi connectivity index (χ1v) is 6.01. The zero-order chi connectivity index (χ0) is 15.3. The topological polar surface area (TPSA) is 69.4 Å². The SMILES string of the molecule is CC(N)=O.COC(C)(C)C.O=CCc1ccccc1. The lowest BCUT2D eigenvalue weighted by Crippen LogP contribution is -2.15. The molecule has 0 bridgehead atoms. The molecule has 0 aliphatic rings. The van der Waals surface area contributed by atoms with Gasteiger partial charge in [0.2, 0.25) is 5.91 Å². The molecule has 0 unspecified atom stereocenters. The zero-order valence-corrected chi connectivity index (χ0v) is 12.5. The van der Waals surface area contributed by atoms with Crippen molar-refractivity contribution < 1.29 is 14.3 Å². The molecular formula is C15H25NO3. The van der Waals surface area contributed by atoms with Gasteiger partial charge in [0.15, 0.2) is 0 Å². The lowest BCUT2D eigenvalue weighted by Gasteiger charge is -2.14. The molecule has 1 rings (SSSR count). The van der Waals surface area contributed by atoms with Crippen molar-refractivity contribution in [1.82, 2.24) is 0 Å². The summed E-state index contributed by atoms with van der Waals surface area (Å²) in [6, 6.07) is 9.68. The average Bonchev–Trinajstić information content (AvgIpc) is 2.30. The number of carbonyl (C=O) groups is 2. The van der Waals surface area contributed by atoms with E-state index >= 15 is 0 Å². The van der Waals surface area contributed by atoms with Crippen LogP contribution in [0.3, 0.4) is 0 Å². The summed E-state index contributed by atoms with van der Waals surface area (Å²) in [5.41, 5.74) is 5.59. The monoisotopic (exact) mass is 267 g/mol. The van der Waals surface area contributed by atoms with E-state index < -0.39 is 0 Å². The first-order valence-electron chi connectivity index (χ1n) is 6.01. The molecule has 19 heavy (non-hydrogen) atoms. The average molecular weight is 267 g/mol. The zero-order valence-electron chi connectivity index (χ0n) is 12.5. The van der Waals surface area contributed by atoms with Crippen molar-refractivity contribution in [3.05, 3.63) is 35.9 Å². The first kappa shape index (κ1) is 19.7. The molecule has 0 spiro atoms. The second kappa shape index (κ2) is 11.4. The number of methoxy groups -OCH3 is 1. The molecule has 1 aromatic rings. The number of carbonyl (C=O) groups excluding carboxylic acids is 2. The van der Waals surface area contributed by atoms with Gasteiger partial charge in [-0.1, -0.05) is 30.3 Å². The van der Waals surface area contributed by atoms with Crippen LogP contribution in [0.5, 0.6) is 0 Å². The van der Waals surface area contributed by atoms with Crippen LogP contribution in [0.4, 0.5) is 0 Å². The van der Waals surface area contributed by atoms with Gasteiger partial charge in [0.1, 0.15) is 6.29 Å². The number of hydrogen-bond acceptors (Lipinski definition) is 3. The summed E-state index contributed by atoms with van der Waals surface area (Å²) in [6.07, 6.45) is 1.44. The highest BCUT2D eigenvalue weighted by Gasteiger charge is 2.03. The van der Waals surface area contributed by atoms with E-state index in [1.165, 1.54) is 6.92 Å². The van der Waals surface area contributed by atoms with E-state index in [9.17, 15) is 9.59 Å². The van der Waals surface area contributed by atoms with E-state index in [0.29, 0.717) is 6.42 Å². The van der Waals surface area contributed by atoms with Crippen LogP contribution < -0.4 is 5.73 Å². The minimum atomic E-state index is -0.333. The van der Waals surface area contributed by atoms with Gasteiger partial charge in [-0.3, -0.25) is 4.79 Å². The van der Waals surface area contributed by atoms with Crippen LogP contribution in [0, 0.1) is 0 Å². The third-order valence-corrected chi connectivity index (χ3v) is 1.77. The molecule has 2 N–H and O–H groups in total. The van der Waals surface area contributed by atoms with Crippen molar-refractivity contribution in [3.8, 4) is 0 Å². The van der Waals surface area contributed by atoms with Crippen LogP contribution in [0.25, 0.3) is 0 Å². The second-order valence-electron chi connectivity index (χ2n) is 4.78. The molecule has 0 aliphatic carbocycles. The minimum Gasteiger partial charge on any atom is -0.379 e. The molecule has 0 atom stereocenters. The quantitative estimate of drug-likeness (QED) is 0.836. The Balaban J connectivity index is 0. The number of aldehydes is 1. The summed E-state index contributed by atoms with van der Waals surface area (Å²) in [6.45, 7) is 7.37. The highest BCUT2D eigenvalue weighted by Crippen LogP contribution is 2.02. The predicted molar refractivity (Wildman–Crippen MR) is 77.8 cm³/mol. The number of nitrogens with two attached hydrogens (primary N) is 1. The van der Waals surface area contributed by atoms with E-state index in [-0.39, 0.29) is 11.5 Å². The van der Waals surface area contributed by atoms with Gasteiger partial charge in [-0.15, -0.1) is 0 Å². The maximum Gasteiger partial charge on any atom is 0.214 e. The summed E-state index contributed by atoms with van der Waals surface area (Å²) < 4.78 is 4.94. The molecule has 0 fully saturated rings. The summed E-state index contributed by atoms with van der Waals surface area (Å²) >= 11 is 0. The molecule has 108 valence electrons. The highest BCUT2D eigenvalue weighted by molar-refractivity contribution is 5.70. The fourth-order valence-electron chi connectivity index (χ4n) is 0.710. The van der Waals surface area contributed by atoms with Crippen molar-refractivity contribution >= 4 is 12.2 Å². The number of ether oxygens (including phenoxy) is 1. The first-order chi connectivity index (χ1) is 8.72. The van der Waals surface area contributed by atoms with Crippen LogP contribution in [-0.2, 0) is 20.7 Å². The van der Waals surface area contributed by atoms with Gasteiger partial charge < -0.3 is 15.3 Å². The lowest BCUT2D eigenvalue weighted by atomic mass is 10.2. The maximum atomic E-state index is 9.97. The Morgan fingerprint density at radius 1 is 1.26 bits per heavy atom. The number of amides is 1. The van der Waals surface area contributed by atoms with E-state index in [1.807, 2.05) is 51.1 Å². The fourth-order valence-corrected chi connectivity index (χ4v) is 0.710. The van der Waals surface area contributed by atoms with Crippen molar-refractivity contribution in [1.29, 1.82) is 0 Å². The summed E-state index contributed by atoms with van der Waals surface area (Å²) in [7, 11) is 1.71. The molecule has 1 aromatic carbocycles. The van der Waals surface area contributed by atoms with Crippen molar-refractivity contribution in [2.45, 2.75) is 39.7 Å². The fraction of sp³-hybridized carbons (Fsp3) is 0.467. The Labute approximate surface area is 116 Å². The maximum absolute atomic E-state index is 9.97. The Bertz CT molecular complexity index is 338. The molecule has 4 nitrogen and oxygen atoms in total. The number of hydrogen-bond donors (Lipinski definition) is 1. The van der Waals surface area contributed by atoms with Crippen LogP contribution in [0.2, 0.25) is 0 Å². The van der Waals surface area contributed by atoms with E-state index in [4.69, 9.17) is 4.74 Å². The largest absolute Gasteiger partial charge is 0.379 e. The van der Waals surface area contributed by atoms with Gasteiger partial charge in [0.05, 0.1) is 5.60 Å². The van der Waals surface area contributed by atoms with Gasteiger partial charge >= 0.3 is 0 Å². The Morgan fingerprint density at radius 2 is 1.63 bits per heavy atom. The van der Waals surface area contributed by atoms with Gasteiger partial charge in [-0.05, 0) is 26.3 Å². The molecule has 0 saturated carbocycles. The predicted octanol–water partition coefficient (Wildman–Crippen LogP) is 2.35. The smallest absolute Gasteiger partial charge is 0.214 e. The molecule has 0 aliphatic heterocycles. The Hall–Kier alpha value is -1.68. The second-order valence-corrected chi connectivity index (χ2v) is 4.78.